The zero-order chi connectivity index (χ0) is 20.4. The smallest absolute Gasteiger partial charge is 0.235 e. The molecule has 2 amide bonds. The summed E-state index contributed by atoms with van der Waals surface area (Å²) in [5.74, 6) is -0.112. The van der Waals surface area contributed by atoms with E-state index in [1.807, 2.05) is 36.4 Å². The Hall–Kier alpha value is -2.18. The van der Waals surface area contributed by atoms with Crippen LogP contribution < -0.4 is 11.1 Å². The van der Waals surface area contributed by atoms with Gasteiger partial charge in [-0.1, -0.05) is 40.2 Å². The molecule has 1 heterocycles. The zero-order valence-electron chi connectivity index (χ0n) is 16.4. The highest BCUT2D eigenvalue weighted by atomic mass is 79.9. The van der Waals surface area contributed by atoms with Crippen molar-refractivity contribution < 1.29 is 9.59 Å². The van der Waals surface area contributed by atoms with Gasteiger partial charge in [0, 0.05) is 22.6 Å². The van der Waals surface area contributed by atoms with Crippen molar-refractivity contribution in [1.82, 2.24) is 4.90 Å². The third kappa shape index (κ3) is 4.54. The second-order valence-corrected chi connectivity index (χ2v) is 9.11. The fourth-order valence-corrected chi connectivity index (χ4v) is 4.44. The Morgan fingerprint density at radius 1 is 1.10 bits per heavy atom. The summed E-state index contributed by atoms with van der Waals surface area (Å²) in [5.41, 5.74) is 8.10. The topological polar surface area (TPSA) is 75.4 Å². The second-order valence-electron chi connectivity index (χ2n) is 8.20. The standard InChI is InChI=1S/C23H26BrN3O2/c24-19-6-4-18(5-7-19)23(10-11-23)22(29)26-20-3-1-2-16(14-20)15-27-12-8-17(9-13-27)21(25)28/h1-7,14,17H,8-13,15H2,(H2,25,28)(H,26,29). The molecule has 2 aromatic rings. The first-order chi connectivity index (χ1) is 14.0. The molecule has 0 spiro atoms. The van der Waals surface area contributed by atoms with Gasteiger partial charge in [0.05, 0.1) is 5.41 Å². The van der Waals surface area contributed by atoms with Gasteiger partial charge >= 0.3 is 0 Å². The quantitative estimate of drug-likeness (QED) is 0.694. The monoisotopic (exact) mass is 455 g/mol. The lowest BCUT2D eigenvalue weighted by Crippen LogP contribution is -2.38. The van der Waals surface area contributed by atoms with Crippen LogP contribution in [0.5, 0.6) is 0 Å². The van der Waals surface area contributed by atoms with E-state index in [4.69, 9.17) is 5.73 Å². The number of rotatable bonds is 6. The van der Waals surface area contributed by atoms with E-state index in [0.29, 0.717) is 0 Å². The van der Waals surface area contributed by atoms with Gasteiger partial charge in [-0.25, -0.2) is 0 Å². The summed E-state index contributed by atoms with van der Waals surface area (Å²) in [6.07, 6.45) is 3.41. The number of nitrogens with zero attached hydrogens (tertiary/aromatic N) is 1. The molecule has 6 heteroatoms. The molecule has 2 aromatic carbocycles. The highest BCUT2D eigenvalue weighted by Gasteiger charge is 2.51. The molecule has 0 bridgehead atoms. The van der Waals surface area contributed by atoms with Gasteiger partial charge in [-0.3, -0.25) is 14.5 Å². The Morgan fingerprint density at radius 2 is 1.79 bits per heavy atom. The van der Waals surface area contributed by atoms with Crippen LogP contribution in [0.1, 0.15) is 36.8 Å². The predicted octanol–water partition coefficient (Wildman–Crippen LogP) is 3.82. The molecule has 1 aliphatic carbocycles. The van der Waals surface area contributed by atoms with Gasteiger partial charge in [0.15, 0.2) is 0 Å². The average molecular weight is 456 g/mol. The van der Waals surface area contributed by atoms with Crippen molar-refractivity contribution in [2.45, 2.75) is 37.6 Å². The van der Waals surface area contributed by atoms with Gasteiger partial charge in [-0.2, -0.15) is 0 Å². The summed E-state index contributed by atoms with van der Waals surface area (Å²) in [7, 11) is 0. The largest absolute Gasteiger partial charge is 0.369 e. The molecular formula is C23H26BrN3O2. The van der Waals surface area contributed by atoms with E-state index in [1.54, 1.807) is 0 Å². The Kier molecular flexibility index (Phi) is 5.74. The SMILES string of the molecule is NC(=O)C1CCN(Cc2cccc(NC(=O)C3(c4ccc(Br)cc4)CC3)c2)CC1. The van der Waals surface area contributed by atoms with Gasteiger partial charge in [0.1, 0.15) is 0 Å². The molecule has 0 radical (unpaired) electrons. The fourth-order valence-electron chi connectivity index (χ4n) is 4.17. The van der Waals surface area contributed by atoms with Gasteiger partial charge in [0.2, 0.25) is 11.8 Å². The molecule has 1 saturated carbocycles. The number of benzene rings is 2. The molecule has 3 N–H and O–H groups in total. The van der Waals surface area contributed by atoms with E-state index < -0.39 is 5.41 Å². The predicted molar refractivity (Wildman–Crippen MR) is 117 cm³/mol. The van der Waals surface area contributed by atoms with E-state index >= 15 is 0 Å². The molecular weight excluding hydrogens is 430 g/mol. The number of anilines is 1. The number of nitrogens with one attached hydrogen (secondary N) is 1. The summed E-state index contributed by atoms with van der Waals surface area (Å²) >= 11 is 3.45. The molecule has 1 saturated heterocycles. The number of hydrogen-bond donors (Lipinski definition) is 2. The molecule has 29 heavy (non-hydrogen) atoms. The van der Waals surface area contributed by atoms with E-state index in [9.17, 15) is 9.59 Å². The van der Waals surface area contributed by atoms with Crippen LogP contribution in [-0.4, -0.2) is 29.8 Å². The van der Waals surface area contributed by atoms with Gasteiger partial charge in [0.25, 0.3) is 0 Å². The highest BCUT2D eigenvalue weighted by molar-refractivity contribution is 9.10. The third-order valence-electron chi connectivity index (χ3n) is 6.16. The summed E-state index contributed by atoms with van der Waals surface area (Å²) in [5, 5.41) is 3.13. The normalized spacial score (nSPS) is 18.9. The van der Waals surface area contributed by atoms with E-state index in [0.717, 1.165) is 66.6 Å². The number of hydrogen-bond acceptors (Lipinski definition) is 3. The molecule has 2 aliphatic rings. The lowest BCUT2D eigenvalue weighted by molar-refractivity contribution is -0.123. The van der Waals surface area contributed by atoms with E-state index in [-0.39, 0.29) is 17.7 Å². The van der Waals surface area contributed by atoms with Crippen LogP contribution in [0.15, 0.2) is 53.0 Å². The van der Waals surface area contributed by atoms with Crippen molar-refractivity contribution in [3.05, 3.63) is 64.1 Å². The van der Waals surface area contributed by atoms with E-state index in [2.05, 4.69) is 38.3 Å². The lowest BCUT2D eigenvalue weighted by Gasteiger charge is -2.30. The molecule has 1 aliphatic heterocycles. The minimum atomic E-state index is -0.395. The number of carbonyl (C=O) groups excluding carboxylic acids is 2. The average Bonchev–Trinajstić information content (AvgIpc) is 3.51. The van der Waals surface area contributed by atoms with Crippen molar-refractivity contribution in [3.63, 3.8) is 0 Å². The van der Waals surface area contributed by atoms with Crippen LogP contribution in [0, 0.1) is 5.92 Å². The van der Waals surface area contributed by atoms with Crippen molar-refractivity contribution in [2.75, 3.05) is 18.4 Å². The number of nitrogens with two attached hydrogens (primary N) is 1. The number of likely N-dealkylation sites (tertiary alicyclic amines) is 1. The summed E-state index contributed by atoms with van der Waals surface area (Å²) < 4.78 is 1.02. The third-order valence-corrected chi connectivity index (χ3v) is 6.69. The number of amides is 2. The van der Waals surface area contributed by atoms with Crippen molar-refractivity contribution >= 4 is 33.4 Å². The second kappa shape index (κ2) is 8.28. The zero-order valence-corrected chi connectivity index (χ0v) is 18.0. The van der Waals surface area contributed by atoms with Gasteiger partial charge in [-0.15, -0.1) is 0 Å². The molecule has 5 nitrogen and oxygen atoms in total. The van der Waals surface area contributed by atoms with Crippen LogP contribution in [0.4, 0.5) is 5.69 Å². The first-order valence-electron chi connectivity index (χ1n) is 10.1. The number of carbonyl (C=O) groups is 2. The maximum atomic E-state index is 13.0. The molecule has 152 valence electrons. The number of halogens is 1. The van der Waals surface area contributed by atoms with Crippen LogP contribution in [0.25, 0.3) is 0 Å². The summed E-state index contributed by atoms with van der Waals surface area (Å²) in [4.78, 5) is 26.7. The fraction of sp³-hybridized carbons (Fsp3) is 0.391. The lowest BCUT2D eigenvalue weighted by atomic mass is 9.95. The van der Waals surface area contributed by atoms with Crippen molar-refractivity contribution in [2.24, 2.45) is 11.7 Å². The Labute approximate surface area is 179 Å². The molecule has 0 atom stereocenters. The van der Waals surface area contributed by atoms with Crippen LogP contribution in [0.3, 0.4) is 0 Å². The highest BCUT2D eigenvalue weighted by Crippen LogP contribution is 2.49. The van der Waals surface area contributed by atoms with E-state index in [1.165, 1.54) is 0 Å². The first kappa shape index (κ1) is 20.1. The Balaban J connectivity index is 1.38. The molecule has 2 fully saturated rings. The number of piperidine rings is 1. The molecule has 0 aromatic heterocycles. The van der Waals surface area contributed by atoms with Gasteiger partial charge < -0.3 is 11.1 Å². The maximum Gasteiger partial charge on any atom is 0.235 e. The summed E-state index contributed by atoms with van der Waals surface area (Å²) in [6, 6.07) is 16.1. The minimum Gasteiger partial charge on any atom is -0.369 e. The summed E-state index contributed by atoms with van der Waals surface area (Å²) in [6.45, 7) is 2.56. The molecule has 4 rings (SSSR count). The number of primary amides is 1. The van der Waals surface area contributed by atoms with Crippen LogP contribution in [0.2, 0.25) is 0 Å². The van der Waals surface area contributed by atoms with Crippen molar-refractivity contribution in [3.8, 4) is 0 Å². The molecule has 0 unspecified atom stereocenters. The van der Waals surface area contributed by atoms with Gasteiger partial charge in [-0.05, 0) is 74.2 Å². The minimum absolute atomic E-state index is 0.00483. The Morgan fingerprint density at radius 3 is 2.41 bits per heavy atom. The first-order valence-corrected chi connectivity index (χ1v) is 10.9. The van der Waals surface area contributed by atoms with Crippen LogP contribution >= 0.6 is 15.9 Å². The Bertz CT molecular complexity index is 901. The van der Waals surface area contributed by atoms with Crippen LogP contribution in [-0.2, 0) is 21.5 Å². The van der Waals surface area contributed by atoms with Crippen molar-refractivity contribution in [1.29, 1.82) is 0 Å². The maximum absolute atomic E-state index is 13.0.